The average molecular weight is 292 g/mol. The molecule has 120 valence electrons. The van der Waals surface area contributed by atoms with Crippen LogP contribution in [0.2, 0.25) is 0 Å². The maximum atomic E-state index is 12.8. The molecule has 2 heteroatoms. The van der Waals surface area contributed by atoms with Gasteiger partial charge in [0.05, 0.1) is 12.0 Å². The fourth-order valence-corrected chi connectivity index (χ4v) is 5.61. The highest BCUT2D eigenvalue weighted by Gasteiger charge is 2.55. The van der Waals surface area contributed by atoms with Crippen LogP contribution in [0.1, 0.15) is 78.1 Å². The number of hydrogen-bond acceptors (Lipinski definition) is 2. The normalized spacial score (nSPS) is 38.5. The second kappa shape index (κ2) is 6.30. The van der Waals surface area contributed by atoms with Gasteiger partial charge in [-0.2, -0.15) is 0 Å². The van der Waals surface area contributed by atoms with E-state index >= 15 is 0 Å². The molecule has 4 bridgehead atoms. The van der Waals surface area contributed by atoms with Crippen LogP contribution >= 0.6 is 0 Å². The molecule has 0 N–H and O–H groups in total. The fraction of sp³-hybridized carbons (Fsp3) is 0.947. The topological polar surface area (TPSA) is 26.3 Å². The van der Waals surface area contributed by atoms with Crippen LogP contribution in [0.3, 0.4) is 0 Å². The summed E-state index contributed by atoms with van der Waals surface area (Å²) in [4.78, 5) is 12.8. The molecule has 4 fully saturated rings. The van der Waals surface area contributed by atoms with E-state index in [1.165, 1.54) is 38.5 Å². The zero-order valence-electron chi connectivity index (χ0n) is 13.9. The highest BCUT2D eigenvalue weighted by Crippen LogP contribution is 2.60. The average Bonchev–Trinajstić information content (AvgIpc) is 2.45. The summed E-state index contributed by atoms with van der Waals surface area (Å²) in [6.07, 6.45) is 12.4. The van der Waals surface area contributed by atoms with Crippen molar-refractivity contribution in [3.63, 3.8) is 0 Å². The van der Waals surface area contributed by atoms with E-state index in [0.717, 1.165) is 43.4 Å². The Hall–Kier alpha value is -0.530. The summed E-state index contributed by atoms with van der Waals surface area (Å²) in [5.74, 6) is 3.21. The molecule has 1 unspecified atom stereocenters. The van der Waals surface area contributed by atoms with Gasteiger partial charge in [-0.25, -0.2) is 0 Å². The van der Waals surface area contributed by atoms with E-state index in [-0.39, 0.29) is 11.4 Å². The largest absolute Gasteiger partial charge is 0.465 e. The molecule has 0 amide bonds. The van der Waals surface area contributed by atoms with Gasteiger partial charge in [0.25, 0.3) is 0 Å². The molecule has 21 heavy (non-hydrogen) atoms. The van der Waals surface area contributed by atoms with E-state index < -0.39 is 0 Å². The van der Waals surface area contributed by atoms with Crippen LogP contribution in [0.15, 0.2) is 0 Å². The van der Waals surface area contributed by atoms with E-state index in [0.29, 0.717) is 12.5 Å². The Morgan fingerprint density at radius 1 is 1.10 bits per heavy atom. The first-order chi connectivity index (χ1) is 10.1. The van der Waals surface area contributed by atoms with Crippen molar-refractivity contribution in [2.24, 2.45) is 29.1 Å². The lowest BCUT2D eigenvalue weighted by molar-refractivity contribution is -0.173. The number of ether oxygens (including phenoxy) is 1. The molecule has 0 aromatic rings. The second-order valence-electron chi connectivity index (χ2n) is 8.21. The van der Waals surface area contributed by atoms with Gasteiger partial charge in [-0.1, -0.05) is 33.1 Å². The van der Waals surface area contributed by atoms with Gasteiger partial charge in [0.2, 0.25) is 0 Å². The molecule has 0 saturated heterocycles. The lowest BCUT2D eigenvalue weighted by Crippen LogP contribution is -2.50. The number of hydrogen-bond donors (Lipinski definition) is 0. The fourth-order valence-electron chi connectivity index (χ4n) is 5.61. The van der Waals surface area contributed by atoms with Gasteiger partial charge in [-0.3, -0.25) is 4.79 Å². The molecule has 0 heterocycles. The molecular weight excluding hydrogens is 260 g/mol. The van der Waals surface area contributed by atoms with Gasteiger partial charge in [-0.05, 0) is 68.6 Å². The molecule has 4 rings (SSSR count). The third-order valence-electron chi connectivity index (χ3n) is 6.46. The number of carbonyl (C=O) groups is 1. The number of rotatable bonds is 7. The lowest BCUT2D eigenvalue weighted by Gasteiger charge is -2.55. The quantitative estimate of drug-likeness (QED) is 0.620. The van der Waals surface area contributed by atoms with Gasteiger partial charge < -0.3 is 4.74 Å². The summed E-state index contributed by atoms with van der Waals surface area (Å²) in [7, 11) is 0. The summed E-state index contributed by atoms with van der Waals surface area (Å²) in [5.41, 5.74) is -0.0716. The van der Waals surface area contributed by atoms with Crippen molar-refractivity contribution in [1.82, 2.24) is 0 Å². The van der Waals surface area contributed by atoms with Crippen LogP contribution in [0.4, 0.5) is 0 Å². The van der Waals surface area contributed by atoms with E-state index in [2.05, 4.69) is 13.8 Å². The molecule has 0 aliphatic heterocycles. The van der Waals surface area contributed by atoms with Crippen molar-refractivity contribution in [1.29, 1.82) is 0 Å². The Morgan fingerprint density at radius 2 is 1.67 bits per heavy atom. The SMILES string of the molecule is CCCCC(CC)COC(=O)C12CC3CC(CC(C3)C1)C2. The smallest absolute Gasteiger partial charge is 0.312 e. The molecule has 2 nitrogen and oxygen atoms in total. The van der Waals surface area contributed by atoms with Crippen LogP contribution in [0, 0.1) is 29.1 Å². The Morgan fingerprint density at radius 3 is 2.14 bits per heavy atom. The standard InChI is InChI=1S/C19H32O2/c1-3-5-6-14(4-2)13-21-18(20)19-10-15-7-16(11-19)9-17(8-15)12-19/h14-17H,3-13H2,1-2H3. The van der Waals surface area contributed by atoms with Gasteiger partial charge >= 0.3 is 5.97 Å². The van der Waals surface area contributed by atoms with Crippen molar-refractivity contribution >= 4 is 5.97 Å². The zero-order chi connectivity index (χ0) is 14.9. The van der Waals surface area contributed by atoms with Crippen LogP contribution in [-0.2, 0) is 9.53 Å². The molecule has 0 radical (unpaired) electrons. The number of unbranched alkanes of at least 4 members (excludes halogenated alkanes) is 1. The minimum Gasteiger partial charge on any atom is -0.465 e. The molecule has 0 aromatic carbocycles. The van der Waals surface area contributed by atoms with Crippen molar-refractivity contribution in [2.75, 3.05) is 6.61 Å². The van der Waals surface area contributed by atoms with E-state index in [1.807, 2.05) is 0 Å². The minimum absolute atomic E-state index is 0.0716. The third kappa shape index (κ3) is 3.14. The third-order valence-corrected chi connectivity index (χ3v) is 6.46. The van der Waals surface area contributed by atoms with Crippen LogP contribution in [0.5, 0.6) is 0 Å². The molecule has 0 aromatic heterocycles. The molecule has 4 aliphatic carbocycles. The minimum atomic E-state index is -0.0716. The van der Waals surface area contributed by atoms with E-state index in [1.54, 1.807) is 0 Å². The summed E-state index contributed by atoms with van der Waals surface area (Å²) in [6.45, 7) is 5.12. The van der Waals surface area contributed by atoms with Crippen molar-refractivity contribution in [2.45, 2.75) is 78.1 Å². The van der Waals surface area contributed by atoms with Gasteiger partial charge in [-0.15, -0.1) is 0 Å². The van der Waals surface area contributed by atoms with Crippen LogP contribution in [0.25, 0.3) is 0 Å². The predicted octanol–water partition coefficient (Wildman–Crippen LogP) is 4.96. The molecule has 4 saturated carbocycles. The van der Waals surface area contributed by atoms with Crippen molar-refractivity contribution < 1.29 is 9.53 Å². The van der Waals surface area contributed by atoms with Gasteiger partial charge in [0.1, 0.15) is 0 Å². The summed E-state index contributed by atoms with van der Waals surface area (Å²) in [6, 6.07) is 0. The maximum absolute atomic E-state index is 12.8. The highest BCUT2D eigenvalue weighted by atomic mass is 16.5. The number of carbonyl (C=O) groups excluding carboxylic acids is 1. The monoisotopic (exact) mass is 292 g/mol. The van der Waals surface area contributed by atoms with Crippen LogP contribution < -0.4 is 0 Å². The summed E-state index contributed by atoms with van der Waals surface area (Å²) >= 11 is 0. The molecule has 1 atom stereocenters. The second-order valence-corrected chi connectivity index (χ2v) is 8.21. The molecule has 0 spiro atoms. The van der Waals surface area contributed by atoms with Gasteiger partial charge in [0, 0.05) is 0 Å². The lowest BCUT2D eigenvalue weighted by atomic mass is 9.49. The first kappa shape index (κ1) is 15.4. The highest BCUT2D eigenvalue weighted by molar-refractivity contribution is 5.77. The van der Waals surface area contributed by atoms with Crippen molar-refractivity contribution in [3.05, 3.63) is 0 Å². The molecular formula is C19H32O2. The predicted molar refractivity (Wildman–Crippen MR) is 84.9 cm³/mol. The Balaban J connectivity index is 1.55. The number of esters is 1. The van der Waals surface area contributed by atoms with Crippen LogP contribution in [-0.4, -0.2) is 12.6 Å². The molecule has 4 aliphatic rings. The summed E-state index contributed by atoms with van der Waals surface area (Å²) < 4.78 is 5.84. The summed E-state index contributed by atoms with van der Waals surface area (Å²) in [5, 5.41) is 0. The first-order valence-electron chi connectivity index (χ1n) is 9.32. The Labute approximate surface area is 130 Å². The maximum Gasteiger partial charge on any atom is 0.312 e. The zero-order valence-corrected chi connectivity index (χ0v) is 13.9. The Kier molecular flexibility index (Phi) is 4.61. The Bertz CT molecular complexity index is 338. The van der Waals surface area contributed by atoms with Crippen molar-refractivity contribution in [3.8, 4) is 0 Å². The van der Waals surface area contributed by atoms with E-state index in [4.69, 9.17) is 4.74 Å². The van der Waals surface area contributed by atoms with E-state index in [9.17, 15) is 4.79 Å². The first-order valence-corrected chi connectivity index (χ1v) is 9.32. The van der Waals surface area contributed by atoms with Gasteiger partial charge in [0.15, 0.2) is 0 Å².